The van der Waals surface area contributed by atoms with E-state index in [1.807, 2.05) is 54.6 Å². The van der Waals surface area contributed by atoms with Gasteiger partial charge in [0.15, 0.2) is 6.61 Å². The van der Waals surface area contributed by atoms with Crippen LogP contribution in [-0.4, -0.2) is 18.7 Å². The summed E-state index contributed by atoms with van der Waals surface area (Å²) in [6.07, 6.45) is 1.54. The fourth-order valence-electron chi connectivity index (χ4n) is 2.37. The van der Waals surface area contributed by atoms with E-state index in [-0.39, 0.29) is 12.5 Å². The molecule has 0 aromatic heterocycles. The molecule has 0 radical (unpaired) electrons. The topological polar surface area (TPSA) is 59.9 Å². The molecule has 0 unspecified atom stereocenters. The molecule has 142 valence electrons. The lowest BCUT2D eigenvalue weighted by Crippen LogP contribution is -2.24. The molecule has 0 aliphatic heterocycles. The lowest BCUT2D eigenvalue weighted by Gasteiger charge is -2.09. The van der Waals surface area contributed by atoms with Crippen molar-refractivity contribution >= 4 is 23.7 Å². The van der Waals surface area contributed by atoms with Gasteiger partial charge in [0.1, 0.15) is 18.1 Å². The number of hydrazone groups is 1. The minimum absolute atomic E-state index is 0.163. The first-order chi connectivity index (χ1) is 13.7. The molecule has 0 spiro atoms. The second kappa shape index (κ2) is 10.1. The first-order valence-electron chi connectivity index (χ1n) is 8.67. The Balaban J connectivity index is 1.51. The number of nitrogens with one attached hydrogen (secondary N) is 1. The van der Waals surface area contributed by atoms with Crippen LogP contribution in [0.2, 0.25) is 5.02 Å². The van der Waals surface area contributed by atoms with Crippen LogP contribution in [0.3, 0.4) is 0 Å². The lowest BCUT2D eigenvalue weighted by atomic mass is 10.2. The van der Waals surface area contributed by atoms with Crippen LogP contribution < -0.4 is 14.9 Å². The van der Waals surface area contributed by atoms with E-state index in [1.165, 1.54) is 6.21 Å². The van der Waals surface area contributed by atoms with Crippen molar-refractivity contribution in [2.45, 2.75) is 6.61 Å². The zero-order chi connectivity index (χ0) is 19.6. The maximum Gasteiger partial charge on any atom is 0.277 e. The van der Waals surface area contributed by atoms with Gasteiger partial charge in [-0.3, -0.25) is 4.79 Å². The Labute approximate surface area is 168 Å². The Morgan fingerprint density at radius 2 is 1.75 bits per heavy atom. The van der Waals surface area contributed by atoms with Crippen molar-refractivity contribution in [3.63, 3.8) is 0 Å². The van der Waals surface area contributed by atoms with Crippen LogP contribution in [0.4, 0.5) is 0 Å². The summed E-state index contributed by atoms with van der Waals surface area (Å²) in [4.78, 5) is 11.9. The predicted octanol–water partition coefficient (Wildman–Crippen LogP) is 4.45. The molecule has 0 heterocycles. The zero-order valence-electron chi connectivity index (χ0n) is 15.0. The standard InChI is InChI=1S/C22H19ClN2O3/c23-19-10-6-11-20(13-19)27-16-22(26)25-24-14-18-9-4-5-12-21(18)28-15-17-7-2-1-3-8-17/h1-14H,15-16H2,(H,25,26)/b24-14+. The second-order valence-electron chi connectivity index (χ2n) is 5.85. The van der Waals surface area contributed by atoms with E-state index < -0.39 is 0 Å². The summed E-state index contributed by atoms with van der Waals surface area (Å²) in [5, 5.41) is 4.52. The molecule has 0 aliphatic rings. The van der Waals surface area contributed by atoms with Gasteiger partial charge in [0, 0.05) is 10.6 Å². The number of hydrogen-bond donors (Lipinski definition) is 1. The first-order valence-corrected chi connectivity index (χ1v) is 9.04. The summed E-state index contributed by atoms with van der Waals surface area (Å²) >= 11 is 5.88. The van der Waals surface area contributed by atoms with E-state index in [4.69, 9.17) is 21.1 Å². The Kier molecular flexibility index (Phi) is 7.04. The van der Waals surface area contributed by atoms with Crippen molar-refractivity contribution in [3.05, 3.63) is 95.0 Å². The molecular formula is C22H19ClN2O3. The monoisotopic (exact) mass is 394 g/mol. The number of amides is 1. The third-order valence-corrected chi connectivity index (χ3v) is 3.95. The van der Waals surface area contributed by atoms with Crippen molar-refractivity contribution in [1.82, 2.24) is 5.43 Å². The lowest BCUT2D eigenvalue weighted by molar-refractivity contribution is -0.123. The highest BCUT2D eigenvalue weighted by Gasteiger charge is 2.04. The highest BCUT2D eigenvalue weighted by Crippen LogP contribution is 2.18. The molecule has 0 bridgehead atoms. The Bertz CT molecular complexity index is 945. The summed E-state index contributed by atoms with van der Waals surface area (Å²) < 4.78 is 11.2. The van der Waals surface area contributed by atoms with Gasteiger partial charge in [-0.2, -0.15) is 5.10 Å². The highest BCUT2D eigenvalue weighted by atomic mass is 35.5. The number of carbonyl (C=O) groups excluding carboxylic acids is 1. The van der Waals surface area contributed by atoms with Crippen LogP contribution in [0.25, 0.3) is 0 Å². The second-order valence-corrected chi connectivity index (χ2v) is 6.29. The van der Waals surface area contributed by atoms with Crippen LogP contribution in [0.1, 0.15) is 11.1 Å². The van der Waals surface area contributed by atoms with E-state index in [0.717, 1.165) is 11.1 Å². The van der Waals surface area contributed by atoms with Gasteiger partial charge in [0.25, 0.3) is 5.91 Å². The van der Waals surface area contributed by atoms with E-state index in [1.54, 1.807) is 24.3 Å². The number of para-hydroxylation sites is 1. The fourth-order valence-corrected chi connectivity index (χ4v) is 2.55. The van der Waals surface area contributed by atoms with Gasteiger partial charge in [-0.15, -0.1) is 0 Å². The maximum atomic E-state index is 11.9. The average Bonchev–Trinajstić information content (AvgIpc) is 2.72. The van der Waals surface area contributed by atoms with E-state index in [2.05, 4.69) is 10.5 Å². The summed E-state index contributed by atoms with van der Waals surface area (Å²) in [5.74, 6) is 0.824. The summed E-state index contributed by atoms with van der Waals surface area (Å²) in [6, 6.07) is 24.2. The molecule has 1 N–H and O–H groups in total. The molecule has 28 heavy (non-hydrogen) atoms. The average molecular weight is 395 g/mol. The van der Waals surface area contributed by atoms with Gasteiger partial charge in [0.2, 0.25) is 0 Å². The fraction of sp³-hybridized carbons (Fsp3) is 0.0909. The SMILES string of the molecule is O=C(COc1cccc(Cl)c1)N/N=C/c1ccccc1OCc1ccccc1. The number of benzene rings is 3. The predicted molar refractivity (Wildman–Crippen MR) is 110 cm³/mol. The van der Waals surface area contributed by atoms with Crippen molar-refractivity contribution in [2.75, 3.05) is 6.61 Å². The minimum atomic E-state index is -0.376. The third-order valence-electron chi connectivity index (χ3n) is 3.72. The van der Waals surface area contributed by atoms with Gasteiger partial charge in [-0.05, 0) is 35.9 Å². The minimum Gasteiger partial charge on any atom is -0.488 e. The molecular weight excluding hydrogens is 376 g/mol. The Morgan fingerprint density at radius 3 is 2.57 bits per heavy atom. The number of nitrogens with zero attached hydrogens (tertiary/aromatic N) is 1. The smallest absolute Gasteiger partial charge is 0.277 e. The van der Waals surface area contributed by atoms with Crippen LogP contribution in [0, 0.1) is 0 Å². The van der Waals surface area contributed by atoms with Gasteiger partial charge in [-0.1, -0.05) is 60.1 Å². The van der Waals surface area contributed by atoms with E-state index in [9.17, 15) is 4.79 Å². The van der Waals surface area contributed by atoms with Crippen molar-refractivity contribution in [3.8, 4) is 11.5 Å². The van der Waals surface area contributed by atoms with Gasteiger partial charge in [-0.25, -0.2) is 5.43 Å². The van der Waals surface area contributed by atoms with Crippen molar-refractivity contribution in [1.29, 1.82) is 0 Å². The molecule has 0 aliphatic carbocycles. The van der Waals surface area contributed by atoms with Gasteiger partial charge >= 0.3 is 0 Å². The summed E-state index contributed by atoms with van der Waals surface area (Å²) in [5.41, 5.74) is 4.26. The van der Waals surface area contributed by atoms with Crippen LogP contribution in [0.15, 0.2) is 84.0 Å². The van der Waals surface area contributed by atoms with Crippen LogP contribution >= 0.6 is 11.6 Å². The van der Waals surface area contributed by atoms with Crippen LogP contribution in [-0.2, 0) is 11.4 Å². The molecule has 1 amide bonds. The molecule has 5 nitrogen and oxygen atoms in total. The quantitative estimate of drug-likeness (QED) is 0.453. The molecule has 0 fully saturated rings. The number of rotatable bonds is 8. The van der Waals surface area contributed by atoms with Gasteiger partial charge in [0.05, 0.1) is 6.21 Å². The molecule has 3 rings (SSSR count). The molecule has 6 heteroatoms. The van der Waals surface area contributed by atoms with Crippen molar-refractivity contribution in [2.24, 2.45) is 5.10 Å². The molecule has 3 aromatic rings. The summed E-state index contributed by atoms with van der Waals surface area (Å²) in [7, 11) is 0. The van der Waals surface area contributed by atoms with Crippen LogP contribution in [0.5, 0.6) is 11.5 Å². The molecule has 0 saturated carbocycles. The number of halogens is 1. The number of carbonyl (C=O) groups is 1. The normalized spacial score (nSPS) is 10.6. The Morgan fingerprint density at radius 1 is 0.964 bits per heavy atom. The van der Waals surface area contributed by atoms with E-state index >= 15 is 0 Å². The van der Waals surface area contributed by atoms with E-state index in [0.29, 0.717) is 23.1 Å². The maximum absolute atomic E-state index is 11.9. The largest absolute Gasteiger partial charge is 0.488 e. The molecule has 3 aromatic carbocycles. The van der Waals surface area contributed by atoms with Crippen molar-refractivity contribution < 1.29 is 14.3 Å². The molecule has 0 atom stereocenters. The highest BCUT2D eigenvalue weighted by molar-refractivity contribution is 6.30. The Hall–Kier alpha value is -3.31. The molecule has 0 saturated heterocycles. The third kappa shape index (κ3) is 6.14. The number of ether oxygens (including phenoxy) is 2. The number of hydrogen-bond acceptors (Lipinski definition) is 4. The zero-order valence-corrected chi connectivity index (χ0v) is 15.8. The summed E-state index contributed by atoms with van der Waals surface area (Å²) in [6.45, 7) is 0.287. The van der Waals surface area contributed by atoms with Gasteiger partial charge < -0.3 is 9.47 Å². The first kappa shape index (κ1) is 19.5.